The third kappa shape index (κ3) is 2.68. The molecule has 1 N–H and O–H groups in total. The van der Waals surface area contributed by atoms with Crippen LogP contribution < -0.4 is 10.1 Å². The summed E-state index contributed by atoms with van der Waals surface area (Å²) in [5.74, 6) is -0.128. The maximum Gasteiger partial charge on any atom is 0.165 e. The van der Waals surface area contributed by atoms with Gasteiger partial charge in [0.2, 0.25) is 0 Å². The van der Waals surface area contributed by atoms with Crippen LogP contribution in [-0.4, -0.2) is 13.7 Å². The molecule has 0 aliphatic heterocycles. The Balaban J connectivity index is 1.98. The van der Waals surface area contributed by atoms with Crippen LogP contribution in [-0.2, 0) is 0 Å². The highest BCUT2D eigenvalue weighted by Crippen LogP contribution is 2.48. The number of ether oxygens (including phenoxy) is 1. The van der Waals surface area contributed by atoms with E-state index in [1.807, 2.05) is 0 Å². The Kier molecular flexibility index (Phi) is 3.19. The van der Waals surface area contributed by atoms with Crippen molar-refractivity contribution in [2.45, 2.75) is 19.3 Å². The van der Waals surface area contributed by atoms with Gasteiger partial charge in [-0.05, 0) is 25.0 Å². The first-order valence-corrected chi connectivity index (χ1v) is 5.63. The largest absolute Gasteiger partial charge is 0.494 e. The van der Waals surface area contributed by atoms with Gasteiger partial charge in [-0.2, -0.15) is 5.26 Å². The van der Waals surface area contributed by atoms with Gasteiger partial charge in [0.25, 0.3) is 0 Å². The van der Waals surface area contributed by atoms with Gasteiger partial charge in [0.15, 0.2) is 11.6 Å². The molecule has 0 aromatic heterocycles. The summed E-state index contributed by atoms with van der Waals surface area (Å²) in [6, 6.07) is 6.91. The minimum atomic E-state index is -0.365. The summed E-state index contributed by atoms with van der Waals surface area (Å²) < 4.78 is 18.1. The molecule has 1 aliphatic carbocycles. The lowest BCUT2D eigenvalue weighted by molar-refractivity contribution is 0.386. The van der Waals surface area contributed by atoms with E-state index < -0.39 is 0 Å². The van der Waals surface area contributed by atoms with Crippen molar-refractivity contribution in [3.05, 3.63) is 24.0 Å². The minimum Gasteiger partial charge on any atom is -0.494 e. The molecule has 0 saturated heterocycles. The van der Waals surface area contributed by atoms with E-state index in [2.05, 4.69) is 11.4 Å². The van der Waals surface area contributed by atoms with Crippen LogP contribution in [0.15, 0.2) is 18.2 Å². The zero-order valence-corrected chi connectivity index (χ0v) is 9.79. The molecule has 90 valence electrons. The number of halogens is 1. The predicted octanol–water partition coefficient (Wildman–Crippen LogP) is 2.94. The van der Waals surface area contributed by atoms with Crippen LogP contribution in [0.3, 0.4) is 0 Å². The van der Waals surface area contributed by atoms with Crippen molar-refractivity contribution in [2.75, 3.05) is 19.0 Å². The molecule has 0 spiro atoms. The lowest BCUT2D eigenvalue weighted by atomic mass is 10.0. The molecule has 0 atom stereocenters. The minimum absolute atomic E-state index is 0.135. The van der Waals surface area contributed by atoms with E-state index in [0.717, 1.165) is 25.1 Å². The Hall–Kier alpha value is -1.76. The molecular weight excluding hydrogens is 219 g/mol. The highest BCUT2D eigenvalue weighted by molar-refractivity contribution is 5.49. The SMILES string of the molecule is COc1cc(NCC2(CC#N)CC2)ccc1F. The van der Waals surface area contributed by atoms with Crippen LogP contribution in [0.5, 0.6) is 5.75 Å². The van der Waals surface area contributed by atoms with Crippen molar-refractivity contribution in [1.29, 1.82) is 5.26 Å². The number of nitriles is 1. The monoisotopic (exact) mass is 234 g/mol. The van der Waals surface area contributed by atoms with Gasteiger partial charge in [-0.15, -0.1) is 0 Å². The van der Waals surface area contributed by atoms with Crippen molar-refractivity contribution in [3.8, 4) is 11.8 Å². The molecule has 0 unspecified atom stereocenters. The summed E-state index contributed by atoms with van der Waals surface area (Å²) in [7, 11) is 1.44. The zero-order valence-electron chi connectivity index (χ0n) is 9.79. The second-order valence-electron chi connectivity index (χ2n) is 4.54. The lowest BCUT2D eigenvalue weighted by Gasteiger charge is -2.14. The van der Waals surface area contributed by atoms with Gasteiger partial charge < -0.3 is 10.1 Å². The normalized spacial score (nSPS) is 16.1. The number of anilines is 1. The van der Waals surface area contributed by atoms with Crippen LogP contribution in [0.2, 0.25) is 0 Å². The second-order valence-corrected chi connectivity index (χ2v) is 4.54. The van der Waals surface area contributed by atoms with E-state index in [9.17, 15) is 4.39 Å². The summed E-state index contributed by atoms with van der Waals surface area (Å²) in [5.41, 5.74) is 0.962. The first-order valence-electron chi connectivity index (χ1n) is 5.63. The summed E-state index contributed by atoms with van der Waals surface area (Å²) in [6.45, 7) is 0.759. The molecule has 1 aromatic rings. The number of methoxy groups -OCH3 is 1. The number of nitrogens with one attached hydrogen (secondary N) is 1. The van der Waals surface area contributed by atoms with E-state index in [1.54, 1.807) is 12.1 Å². The molecular formula is C13H15FN2O. The summed E-state index contributed by atoms with van der Waals surface area (Å²) in [4.78, 5) is 0. The molecule has 0 bridgehead atoms. The molecule has 1 fully saturated rings. The molecule has 3 nitrogen and oxygen atoms in total. The highest BCUT2D eigenvalue weighted by atomic mass is 19.1. The second kappa shape index (κ2) is 4.62. The van der Waals surface area contributed by atoms with Gasteiger partial charge in [-0.25, -0.2) is 4.39 Å². The van der Waals surface area contributed by atoms with E-state index in [1.165, 1.54) is 13.2 Å². The smallest absolute Gasteiger partial charge is 0.165 e. The Bertz CT molecular complexity index is 449. The third-order valence-corrected chi connectivity index (χ3v) is 3.23. The number of benzene rings is 1. The van der Waals surface area contributed by atoms with Crippen LogP contribution in [0.4, 0.5) is 10.1 Å². The van der Waals surface area contributed by atoms with Gasteiger partial charge in [0.1, 0.15) is 0 Å². The Morgan fingerprint density at radius 1 is 1.53 bits per heavy atom. The molecule has 0 amide bonds. The molecule has 4 heteroatoms. The number of hydrogen-bond acceptors (Lipinski definition) is 3. The van der Waals surface area contributed by atoms with Crippen LogP contribution >= 0.6 is 0 Å². The zero-order chi connectivity index (χ0) is 12.3. The van der Waals surface area contributed by atoms with Gasteiger partial charge in [-0.1, -0.05) is 0 Å². The summed E-state index contributed by atoms with van der Waals surface area (Å²) in [5, 5.41) is 11.9. The van der Waals surface area contributed by atoms with Crippen molar-refractivity contribution in [2.24, 2.45) is 5.41 Å². The van der Waals surface area contributed by atoms with Gasteiger partial charge in [0.05, 0.1) is 13.2 Å². The average molecular weight is 234 g/mol. The van der Waals surface area contributed by atoms with Gasteiger partial charge >= 0.3 is 0 Å². The molecule has 0 radical (unpaired) electrons. The Labute approximate surface area is 100 Å². The van der Waals surface area contributed by atoms with Crippen molar-refractivity contribution in [1.82, 2.24) is 0 Å². The van der Waals surface area contributed by atoms with E-state index in [-0.39, 0.29) is 17.0 Å². The first-order chi connectivity index (χ1) is 8.19. The van der Waals surface area contributed by atoms with Crippen molar-refractivity contribution >= 4 is 5.69 Å². The molecule has 1 saturated carbocycles. The van der Waals surface area contributed by atoms with Crippen molar-refractivity contribution < 1.29 is 9.13 Å². The molecule has 1 aromatic carbocycles. The summed E-state index contributed by atoms with van der Waals surface area (Å²) in [6.07, 6.45) is 2.76. The Morgan fingerprint density at radius 2 is 2.29 bits per heavy atom. The fraction of sp³-hybridized carbons (Fsp3) is 0.462. The fourth-order valence-electron chi connectivity index (χ4n) is 1.82. The lowest BCUT2D eigenvalue weighted by Crippen LogP contribution is -2.14. The molecule has 17 heavy (non-hydrogen) atoms. The standard InChI is InChI=1S/C13H15FN2O/c1-17-12-8-10(2-3-11(12)14)16-9-13(4-5-13)6-7-15/h2-3,8,16H,4-6,9H2,1H3. The van der Waals surface area contributed by atoms with Crippen LogP contribution in [0, 0.1) is 22.6 Å². The van der Waals surface area contributed by atoms with Crippen LogP contribution in [0.1, 0.15) is 19.3 Å². The highest BCUT2D eigenvalue weighted by Gasteiger charge is 2.42. The predicted molar refractivity (Wildman–Crippen MR) is 63.3 cm³/mol. The third-order valence-electron chi connectivity index (χ3n) is 3.23. The van der Waals surface area contributed by atoms with Crippen LogP contribution in [0.25, 0.3) is 0 Å². The molecule has 2 rings (SSSR count). The topological polar surface area (TPSA) is 45.0 Å². The van der Waals surface area contributed by atoms with E-state index in [0.29, 0.717) is 6.42 Å². The van der Waals surface area contributed by atoms with E-state index in [4.69, 9.17) is 10.00 Å². The summed E-state index contributed by atoms with van der Waals surface area (Å²) >= 11 is 0. The van der Waals surface area contributed by atoms with Gasteiger partial charge in [-0.3, -0.25) is 0 Å². The fourth-order valence-corrected chi connectivity index (χ4v) is 1.82. The van der Waals surface area contributed by atoms with Gasteiger partial charge in [0, 0.05) is 30.1 Å². The maximum absolute atomic E-state index is 13.2. The number of nitrogens with zero attached hydrogens (tertiary/aromatic N) is 1. The number of rotatable bonds is 5. The quantitative estimate of drug-likeness (QED) is 0.851. The number of hydrogen-bond donors (Lipinski definition) is 1. The Morgan fingerprint density at radius 3 is 2.88 bits per heavy atom. The average Bonchev–Trinajstić information content (AvgIpc) is 3.09. The van der Waals surface area contributed by atoms with E-state index >= 15 is 0 Å². The van der Waals surface area contributed by atoms with Crippen molar-refractivity contribution in [3.63, 3.8) is 0 Å². The maximum atomic E-state index is 13.2. The molecule has 1 aliphatic rings. The molecule has 0 heterocycles. The first kappa shape index (κ1) is 11.7.